The predicted octanol–water partition coefficient (Wildman–Crippen LogP) is 3.30. The van der Waals surface area contributed by atoms with E-state index < -0.39 is 0 Å². The zero-order valence-electron chi connectivity index (χ0n) is 9.76. The molecule has 0 bridgehead atoms. The van der Waals surface area contributed by atoms with Gasteiger partial charge in [-0.1, -0.05) is 19.3 Å². The van der Waals surface area contributed by atoms with Crippen LogP contribution >= 0.6 is 0 Å². The highest BCUT2D eigenvalue weighted by Crippen LogP contribution is 2.50. The fourth-order valence-corrected chi connectivity index (χ4v) is 3.49. The second-order valence-corrected chi connectivity index (χ2v) is 5.25. The van der Waals surface area contributed by atoms with Crippen molar-refractivity contribution in [3.8, 4) is 0 Å². The van der Waals surface area contributed by atoms with E-state index in [4.69, 9.17) is 4.74 Å². The maximum atomic E-state index is 11.7. The molecule has 86 valence electrons. The van der Waals surface area contributed by atoms with Crippen LogP contribution in [0.5, 0.6) is 0 Å². The molecule has 2 saturated carbocycles. The molecule has 0 saturated heterocycles. The highest BCUT2D eigenvalue weighted by atomic mass is 16.5. The van der Waals surface area contributed by atoms with E-state index in [2.05, 4.69) is 0 Å². The van der Waals surface area contributed by atoms with Crippen LogP contribution in [-0.4, -0.2) is 12.6 Å². The van der Waals surface area contributed by atoms with E-state index in [1.807, 2.05) is 6.92 Å². The van der Waals surface area contributed by atoms with Gasteiger partial charge >= 0.3 is 5.97 Å². The molecule has 2 nitrogen and oxygen atoms in total. The van der Waals surface area contributed by atoms with Crippen molar-refractivity contribution >= 4 is 5.97 Å². The Morgan fingerprint density at radius 3 is 2.60 bits per heavy atom. The number of hydrogen-bond donors (Lipinski definition) is 0. The van der Waals surface area contributed by atoms with Crippen LogP contribution in [0.3, 0.4) is 0 Å². The van der Waals surface area contributed by atoms with Gasteiger partial charge in [0.25, 0.3) is 0 Å². The lowest BCUT2D eigenvalue weighted by Gasteiger charge is -2.37. The molecular weight excluding hydrogens is 188 g/mol. The number of carbonyl (C=O) groups is 1. The molecule has 0 heterocycles. The van der Waals surface area contributed by atoms with Gasteiger partial charge in [0.05, 0.1) is 12.5 Å². The molecule has 1 atom stereocenters. The van der Waals surface area contributed by atoms with Gasteiger partial charge in [-0.25, -0.2) is 0 Å². The van der Waals surface area contributed by atoms with Crippen molar-refractivity contribution in [1.82, 2.24) is 0 Å². The lowest BCUT2D eigenvalue weighted by Crippen LogP contribution is -2.31. The Kier molecular flexibility index (Phi) is 3.32. The minimum atomic E-state index is 0.0588. The van der Waals surface area contributed by atoms with E-state index in [0.717, 1.165) is 12.8 Å². The SMILES string of the molecule is CCOC(=O)C1CCCC2(CCCC2)C1. The van der Waals surface area contributed by atoms with E-state index in [1.54, 1.807) is 0 Å². The molecule has 2 aliphatic carbocycles. The fourth-order valence-electron chi connectivity index (χ4n) is 3.49. The first-order valence-electron chi connectivity index (χ1n) is 6.42. The number of ether oxygens (including phenoxy) is 1. The van der Waals surface area contributed by atoms with E-state index in [-0.39, 0.29) is 11.9 Å². The van der Waals surface area contributed by atoms with Gasteiger partial charge in [0.2, 0.25) is 0 Å². The normalized spacial score (nSPS) is 29.3. The Hall–Kier alpha value is -0.530. The maximum absolute atomic E-state index is 11.7. The lowest BCUT2D eigenvalue weighted by molar-refractivity contribution is -0.150. The van der Waals surface area contributed by atoms with Gasteiger partial charge in [-0.05, 0) is 44.4 Å². The van der Waals surface area contributed by atoms with E-state index in [9.17, 15) is 4.79 Å². The summed E-state index contributed by atoms with van der Waals surface area (Å²) in [6.07, 6.45) is 10.2. The summed E-state index contributed by atoms with van der Waals surface area (Å²) in [5.74, 6) is 0.264. The Morgan fingerprint density at radius 2 is 1.93 bits per heavy atom. The zero-order valence-corrected chi connectivity index (χ0v) is 9.76. The van der Waals surface area contributed by atoms with Crippen molar-refractivity contribution in [3.05, 3.63) is 0 Å². The van der Waals surface area contributed by atoms with Crippen molar-refractivity contribution in [3.63, 3.8) is 0 Å². The molecule has 0 aromatic heterocycles. The van der Waals surface area contributed by atoms with Gasteiger partial charge in [-0.15, -0.1) is 0 Å². The molecule has 2 rings (SSSR count). The summed E-state index contributed by atoms with van der Waals surface area (Å²) in [6, 6.07) is 0. The van der Waals surface area contributed by atoms with Crippen LogP contribution in [0.2, 0.25) is 0 Å². The standard InChI is InChI=1S/C13H22O2/c1-2-15-12(14)11-6-5-9-13(10-11)7-3-4-8-13/h11H,2-10H2,1H3. The summed E-state index contributed by atoms with van der Waals surface area (Å²) in [4.78, 5) is 11.7. The molecule has 0 aromatic rings. The van der Waals surface area contributed by atoms with Crippen LogP contribution < -0.4 is 0 Å². The van der Waals surface area contributed by atoms with Crippen LogP contribution in [0.15, 0.2) is 0 Å². The maximum Gasteiger partial charge on any atom is 0.308 e. The van der Waals surface area contributed by atoms with Crippen LogP contribution in [0, 0.1) is 11.3 Å². The van der Waals surface area contributed by atoms with E-state index in [1.165, 1.54) is 38.5 Å². The quantitative estimate of drug-likeness (QED) is 0.654. The molecule has 15 heavy (non-hydrogen) atoms. The molecule has 2 fully saturated rings. The fraction of sp³-hybridized carbons (Fsp3) is 0.923. The monoisotopic (exact) mass is 210 g/mol. The van der Waals surface area contributed by atoms with Crippen molar-refractivity contribution in [2.24, 2.45) is 11.3 Å². The number of esters is 1. The van der Waals surface area contributed by atoms with Gasteiger partial charge < -0.3 is 4.74 Å². The Balaban J connectivity index is 1.94. The molecule has 2 aliphatic rings. The van der Waals surface area contributed by atoms with Gasteiger partial charge in [0.15, 0.2) is 0 Å². The Bertz CT molecular complexity index is 229. The topological polar surface area (TPSA) is 26.3 Å². The Morgan fingerprint density at radius 1 is 1.27 bits per heavy atom. The summed E-state index contributed by atoms with van der Waals surface area (Å²) < 4.78 is 5.15. The van der Waals surface area contributed by atoms with Crippen molar-refractivity contribution in [2.75, 3.05) is 6.61 Å². The number of carbonyl (C=O) groups excluding carboxylic acids is 1. The van der Waals surface area contributed by atoms with Crippen LogP contribution in [0.25, 0.3) is 0 Å². The third-order valence-electron chi connectivity index (χ3n) is 4.22. The lowest BCUT2D eigenvalue weighted by atomic mass is 9.68. The summed E-state index contributed by atoms with van der Waals surface area (Å²) >= 11 is 0. The average Bonchev–Trinajstić information content (AvgIpc) is 2.67. The number of rotatable bonds is 2. The largest absolute Gasteiger partial charge is 0.466 e. The van der Waals surface area contributed by atoms with E-state index in [0.29, 0.717) is 12.0 Å². The van der Waals surface area contributed by atoms with Gasteiger partial charge in [-0.3, -0.25) is 4.79 Å². The smallest absolute Gasteiger partial charge is 0.308 e. The molecule has 1 spiro atoms. The second-order valence-electron chi connectivity index (χ2n) is 5.25. The summed E-state index contributed by atoms with van der Waals surface area (Å²) in [5.41, 5.74) is 0.523. The molecular formula is C13H22O2. The molecule has 0 aromatic carbocycles. The third kappa shape index (κ3) is 2.35. The van der Waals surface area contributed by atoms with Crippen molar-refractivity contribution < 1.29 is 9.53 Å². The third-order valence-corrected chi connectivity index (χ3v) is 4.22. The predicted molar refractivity (Wildman–Crippen MR) is 59.5 cm³/mol. The van der Waals surface area contributed by atoms with Crippen LogP contribution in [0.4, 0.5) is 0 Å². The molecule has 1 unspecified atom stereocenters. The van der Waals surface area contributed by atoms with Gasteiger partial charge in [0, 0.05) is 0 Å². The molecule has 0 N–H and O–H groups in total. The van der Waals surface area contributed by atoms with Crippen LogP contribution in [-0.2, 0) is 9.53 Å². The van der Waals surface area contributed by atoms with E-state index >= 15 is 0 Å². The first kappa shape index (κ1) is 11.0. The van der Waals surface area contributed by atoms with Crippen molar-refractivity contribution in [1.29, 1.82) is 0 Å². The highest BCUT2D eigenvalue weighted by Gasteiger charge is 2.40. The van der Waals surface area contributed by atoms with Gasteiger partial charge in [0.1, 0.15) is 0 Å². The zero-order chi connectivity index (χ0) is 10.7. The summed E-state index contributed by atoms with van der Waals surface area (Å²) in [6.45, 7) is 2.42. The van der Waals surface area contributed by atoms with Gasteiger partial charge in [-0.2, -0.15) is 0 Å². The minimum absolute atomic E-state index is 0.0588. The first-order valence-corrected chi connectivity index (χ1v) is 6.42. The summed E-state index contributed by atoms with van der Waals surface area (Å²) in [5, 5.41) is 0. The van der Waals surface area contributed by atoms with Crippen molar-refractivity contribution in [2.45, 2.75) is 58.3 Å². The first-order chi connectivity index (χ1) is 7.26. The Labute approximate surface area is 92.4 Å². The molecule has 0 radical (unpaired) electrons. The van der Waals surface area contributed by atoms with Crippen LogP contribution in [0.1, 0.15) is 58.3 Å². The molecule has 0 aliphatic heterocycles. The number of hydrogen-bond acceptors (Lipinski definition) is 2. The second kappa shape index (κ2) is 4.54. The summed E-state index contributed by atoms with van der Waals surface area (Å²) in [7, 11) is 0. The highest BCUT2D eigenvalue weighted by molar-refractivity contribution is 5.72. The molecule has 0 amide bonds. The molecule has 2 heteroatoms. The minimum Gasteiger partial charge on any atom is -0.466 e. The average molecular weight is 210 g/mol.